The molecule has 6 atom stereocenters. The van der Waals surface area contributed by atoms with E-state index in [2.05, 4.69) is 50.1 Å². The Hall–Kier alpha value is -3.39. The molecule has 3 aliphatic rings. The molecule has 8 nitrogen and oxygen atoms in total. The summed E-state index contributed by atoms with van der Waals surface area (Å²) < 4.78 is 2.38. The minimum absolute atomic E-state index is 0.0417. The van der Waals surface area contributed by atoms with Crippen molar-refractivity contribution in [3.8, 4) is 0 Å². The van der Waals surface area contributed by atoms with Gasteiger partial charge in [-0.25, -0.2) is 9.78 Å². The van der Waals surface area contributed by atoms with Crippen LogP contribution in [-0.2, 0) is 4.79 Å². The molecule has 3 aliphatic heterocycles. The summed E-state index contributed by atoms with van der Waals surface area (Å²) >= 11 is 0. The van der Waals surface area contributed by atoms with Crippen molar-refractivity contribution in [3.05, 3.63) is 66.5 Å². The summed E-state index contributed by atoms with van der Waals surface area (Å²) in [7, 11) is 0. The lowest BCUT2D eigenvalue weighted by atomic mass is 9.72. The Balaban J connectivity index is 1.14. The van der Waals surface area contributed by atoms with Crippen LogP contribution in [0.1, 0.15) is 70.5 Å². The van der Waals surface area contributed by atoms with Crippen LogP contribution >= 0.6 is 0 Å². The number of amides is 2. The van der Waals surface area contributed by atoms with Crippen LogP contribution in [0.3, 0.4) is 0 Å². The van der Waals surface area contributed by atoms with Gasteiger partial charge in [-0.1, -0.05) is 63.2 Å². The SMILES string of the molecule is CC(C)(C)C1C(C(=O)N[C@@H](CCN2[C@@H]3CC[C@H]2CC(n2cnc4ccccc42)C3)c2ccccc2)CN1C(=O)O. The van der Waals surface area contributed by atoms with Gasteiger partial charge in [-0.15, -0.1) is 0 Å². The number of nitrogens with one attached hydrogen (secondary N) is 1. The van der Waals surface area contributed by atoms with Gasteiger partial charge in [-0.05, 0) is 55.2 Å². The van der Waals surface area contributed by atoms with E-state index in [1.807, 2.05) is 51.4 Å². The molecule has 3 fully saturated rings. The van der Waals surface area contributed by atoms with E-state index in [4.69, 9.17) is 0 Å². The molecule has 4 heterocycles. The zero-order chi connectivity index (χ0) is 28.0. The highest BCUT2D eigenvalue weighted by Gasteiger charge is 2.52. The molecule has 0 aliphatic carbocycles. The van der Waals surface area contributed by atoms with Crippen LogP contribution in [0.25, 0.3) is 11.0 Å². The van der Waals surface area contributed by atoms with Gasteiger partial charge in [0.25, 0.3) is 0 Å². The standard InChI is InChI=1S/C32H41N5O3/c1-32(2,3)29-25(19-36(29)31(39)40)30(38)34-26(21-9-5-4-6-10-21)15-16-35-22-13-14-23(35)18-24(17-22)37-20-33-27-11-7-8-12-28(27)37/h4-12,20,22-26,29H,13-19H2,1-3H3,(H,34,38)(H,39,40)/t22-,23+,24?,25?,26-,29?/m0/s1. The lowest BCUT2D eigenvalue weighted by Gasteiger charge is -2.52. The zero-order valence-electron chi connectivity index (χ0n) is 23.7. The van der Waals surface area contributed by atoms with Crippen molar-refractivity contribution in [1.82, 2.24) is 24.7 Å². The Labute approximate surface area is 236 Å². The first-order valence-electron chi connectivity index (χ1n) is 14.7. The van der Waals surface area contributed by atoms with Crippen LogP contribution in [0.2, 0.25) is 0 Å². The number of likely N-dealkylation sites (tertiary alicyclic amines) is 1. The smallest absolute Gasteiger partial charge is 0.407 e. The Morgan fingerprint density at radius 1 is 1.00 bits per heavy atom. The van der Waals surface area contributed by atoms with Crippen molar-refractivity contribution in [2.45, 2.75) is 83.1 Å². The molecule has 3 unspecified atom stereocenters. The summed E-state index contributed by atoms with van der Waals surface area (Å²) in [6.45, 7) is 7.21. The molecule has 1 aromatic heterocycles. The molecule has 212 valence electrons. The van der Waals surface area contributed by atoms with Gasteiger partial charge >= 0.3 is 6.09 Å². The summed E-state index contributed by atoms with van der Waals surface area (Å²) in [5.74, 6) is -0.376. The number of imidazole rings is 1. The number of piperidine rings is 1. The summed E-state index contributed by atoms with van der Waals surface area (Å²) in [6.07, 6.45) is 6.58. The lowest BCUT2D eigenvalue weighted by molar-refractivity contribution is -0.138. The van der Waals surface area contributed by atoms with E-state index in [1.165, 1.54) is 23.3 Å². The molecule has 2 amide bonds. The molecule has 3 saturated heterocycles. The largest absolute Gasteiger partial charge is 0.465 e. The fourth-order valence-corrected chi connectivity index (χ4v) is 7.67. The maximum Gasteiger partial charge on any atom is 0.407 e. The first kappa shape index (κ1) is 26.8. The number of aromatic nitrogens is 2. The average Bonchev–Trinajstić information content (AvgIpc) is 3.42. The zero-order valence-corrected chi connectivity index (χ0v) is 23.7. The number of fused-ring (bicyclic) bond motifs is 3. The van der Waals surface area contributed by atoms with Crippen molar-refractivity contribution in [3.63, 3.8) is 0 Å². The summed E-state index contributed by atoms with van der Waals surface area (Å²) in [4.78, 5) is 34.0. The van der Waals surface area contributed by atoms with Gasteiger partial charge < -0.3 is 19.9 Å². The minimum atomic E-state index is -0.953. The molecule has 2 bridgehead atoms. The molecule has 0 radical (unpaired) electrons. The van der Waals surface area contributed by atoms with Crippen LogP contribution in [0.4, 0.5) is 4.79 Å². The fourth-order valence-electron chi connectivity index (χ4n) is 7.67. The van der Waals surface area contributed by atoms with E-state index < -0.39 is 6.09 Å². The molecule has 2 aromatic carbocycles. The maximum atomic E-state index is 13.6. The second kappa shape index (κ2) is 10.5. The van der Waals surface area contributed by atoms with Crippen molar-refractivity contribution in [2.75, 3.05) is 13.1 Å². The Kier molecular flexibility index (Phi) is 7.07. The van der Waals surface area contributed by atoms with Crippen LogP contribution in [-0.4, -0.2) is 67.7 Å². The lowest BCUT2D eigenvalue weighted by Crippen LogP contribution is -2.67. The summed E-state index contributed by atoms with van der Waals surface area (Å²) in [5, 5.41) is 13.0. The topological polar surface area (TPSA) is 90.7 Å². The van der Waals surface area contributed by atoms with E-state index in [0.29, 0.717) is 18.1 Å². The van der Waals surface area contributed by atoms with E-state index in [-0.39, 0.29) is 35.9 Å². The third-order valence-electron chi connectivity index (χ3n) is 9.51. The molecule has 3 aromatic rings. The van der Waals surface area contributed by atoms with E-state index in [0.717, 1.165) is 36.9 Å². The van der Waals surface area contributed by atoms with Gasteiger partial charge in [0, 0.05) is 31.2 Å². The number of carboxylic acid groups (broad SMARTS) is 1. The van der Waals surface area contributed by atoms with Gasteiger partial charge in [0.2, 0.25) is 5.91 Å². The third kappa shape index (κ3) is 4.98. The summed E-state index contributed by atoms with van der Waals surface area (Å²) in [6, 6.07) is 19.7. The number of para-hydroxylation sites is 2. The number of benzene rings is 2. The van der Waals surface area contributed by atoms with Crippen LogP contribution in [0.15, 0.2) is 60.9 Å². The number of carbonyl (C=O) groups is 2. The normalized spacial score (nSPS) is 27.4. The first-order valence-corrected chi connectivity index (χ1v) is 14.7. The molecule has 0 saturated carbocycles. The monoisotopic (exact) mass is 543 g/mol. The highest BCUT2D eigenvalue weighted by Crippen LogP contribution is 2.42. The van der Waals surface area contributed by atoms with Crippen molar-refractivity contribution < 1.29 is 14.7 Å². The van der Waals surface area contributed by atoms with E-state index in [9.17, 15) is 14.7 Å². The number of hydrogen-bond donors (Lipinski definition) is 2. The number of carbonyl (C=O) groups excluding carboxylic acids is 1. The number of nitrogens with zero attached hydrogens (tertiary/aromatic N) is 4. The molecule has 40 heavy (non-hydrogen) atoms. The van der Waals surface area contributed by atoms with Gasteiger partial charge in [0.15, 0.2) is 0 Å². The van der Waals surface area contributed by atoms with Gasteiger partial charge in [-0.2, -0.15) is 0 Å². The third-order valence-corrected chi connectivity index (χ3v) is 9.51. The van der Waals surface area contributed by atoms with Crippen molar-refractivity contribution in [1.29, 1.82) is 0 Å². The second-order valence-electron chi connectivity index (χ2n) is 13.0. The first-order chi connectivity index (χ1) is 19.2. The van der Waals surface area contributed by atoms with Crippen molar-refractivity contribution in [2.24, 2.45) is 11.3 Å². The highest BCUT2D eigenvalue weighted by molar-refractivity contribution is 5.83. The summed E-state index contributed by atoms with van der Waals surface area (Å²) in [5.41, 5.74) is 3.07. The van der Waals surface area contributed by atoms with Crippen molar-refractivity contribution >= 4 is 23.0 Å². The maximum absolute atomic E-state index is 13.6. The van der Waals surface area contributed by atoms with Crippen LogP contribution in [0.5, 0.6) is 0 Å². The minimum Gasteiger partial charge on any atom is -0.465 e. The predicted octanol–water partition coefficient (Wildman–Crippen LogP) is 5.48. The molecule has 0 spiro atoms. The van der Waals surface area contributed by atoms with E-state index in [1.54, 1.807) is 0 Å². The number of hydrogen-bond acceptors (Lipinski definition) is 4. The van der Waals surface area contributed by atoms with Gasteiger partial charge in [0.1, 0.15) is 0 Å². The molecule has 2 N–H and O–H groups in total. The van der Waals surface area contributed by atoms with E-state index >= 15 is 0 Å². The van der Waals surface area contributed by atoms with Gasteiger partial charge in [0.05, 0.1) is 35.4 Å². The molecule has 8 heteroatoms. The second-order valence-corrected chi connectivity index (χ2v) is 13.0. The molecular formula is C32H41N5O3. The quantitative estimate of drug-likeness (QED) is 0.412. The molecule has 6 rings (SSSR count). The number of rotatable bonds is 7. The van der Waals surface area contributed by atoms with Crippen LogP contribution < -0.4 is 5.32 Å². The predicted molar refractivity (Wildman–Crippen MR) is 155 cm³/mol. The average molecular weight is 544 g/mol. The highest BCUT2D eigenvalue weighted by atomic mass is 16.4. The Bertz CT molecular complexity index is 1350. The Morgan fingerprint density at radius 3 is 2.35 bits per heavy atom. The molecular weight excluding hydrogens is 502 g/mol. The van der Waals surface area contributed by atoms with Gasteiger partial charge in [-0.3, -0.25) is 9.69 Å². The van der Waals surface area contributed by atoms with Crippen LogP contribution in [0, 0.1) is 11.3 Å². The Morgan fingerprint density at radius 2 is 1.68 bits per heavy atom. The fraction of sp³-hybridized carbons (Fsp3) is 0.531.